The molecular weight excluding hydrogens is 188 g/mol. The highest BCUT2D eigenvalue weighted by Crippen LogP contribution is 2.23. The third-order valence-electron chi connectivity index (χ3n) is 2.41. The van der Waals surface area contributed by atoms with E-state index in [4.69, 9.17) is 4.42 Å². The molecule has 0 fully saturated rings. The molecule has 0 saturated heterocycles. The zero-order chi connectivity index (χ0) is 10.3. The lowest BCUT2D eigenvalue weighted by molar-refractivity contribution is 0.582. The minimum absolute atomic E-state index is 0.879. The molecule has 1 N–H and O–H groups in total. The quantitative estimate of drug-likeness (QED) is 0.652. The van der Waals surface area contributed by atoms with E-state index in [1.807, 2.05) is 37.3 Å². The SMILES string of the molecule is Cc1nc2ccc(-c3ccco3)cc2[nH]1. The minimum Gasteiger partial charge on any atom is -0.464 e. The number of nitrogens with one attached hydrogen (secondary N) is 1. The number of benzene rings is 1. The Bertz CT molecular complexity index is 593. The van der Waals surface area contributed by atoms with Gasteiger partial charge in [-0.3, -0.25) is 0 Å². The molecule has 3 aromatic rings. The van der Waals surface area contributed by atoms with Crippen molar-refractivity contribution in [3.05, 3.63) is 42.4 Å². The number of hydrogen-bond donors (Lipinski definition) is 1. The molecule has 0 radical (unpaired) electrons. The number of H-pyrrole nitrogens is 1. The van der Waals surface area contributed by atoms with Gasteiger partial charge in [-0.2, -0.15) is 0 Å². The molecule has 0 saturated carbocycles. The van der Waals surface area contributed by atoms with Crippen molar-refractivity contribution in [2.75, 3.05) is 0 Å². The molecule has 0 atom stereocenters. The van der Waals surface area contributed by atoms with Crippen molar-refractivity contribution in [2.24, 2.45) is 0 Å². The van der Waals surface area contributed by atoms with Crippen LogP contribution in [0.3, 0.4) is 0 Å². The average Bonchev–Trinajstić information content (AvgIpc) is 2.82. The normalized spacial score (nSPS) is 11.0. The lowest BCUT2D eigenvalue weighted by Crippen LogP contribution is -1.74. The van der Waals surface area contributed by atoms with Crippen LogP contribution in [0.4, 0.5) is 0 Å². The van der Waals surface area contributed by atoms with Crippen molar-refractivity contribution in [1.29, 1.82) is 0 Å². The third kappa shape index (κ3) is 1.32. The van der Waals surface area contributed by atoms with Gasteiger partial charge in [0.25, 0.3) is 0 Å². The molecule has 3 heteroatoms. The number of nitrogens with zero attached hydrogens (tertiary/aromatic N) is 1. The first-order chi connectivity index (χ1) is 7.33. The predicted octanol–water partition coefficient (Wildman–Crippen LogP) is 3.13. The second-order valence-electron chi connectivity index (χ2n) is 3.53. The molecule has 3 rings (SSSR count). The lowest BCUT2D eigenvalue weighted by atomic mass is 10.1. The Morgan fingerprint density at radius 1 is 1.27 bits per heavy atom. The van der Waals surface area contributed by atoms with E-state index in [1.165, 1.54) is 0 Å². The van der Waals surface area contributed by atoms with Crippen LogP contribution in [-0.2, 0) is 0 Å². The Labute approximate surface area is 86.8 Å². The summed E-state index contributed by atoms with van der Waals surface area (Å²) < 4.78 is 5.34. The number of fused-ring (bicyclic) bond motifs is 1. The molecule has 0 spiro atoms. The van der Waals surface area contributed by atoms with Crippen LogP contribution in [0.1, 0.15) is 5.82 Å². The number of furan rings is 1. The van der Waals surface area contributed by atoms with Gasteiger partial charge >= 0.3 is 0 Å². The topological polar surface area (TPSA) is 41.8 Å². The second-order valence-corrected chi connectivity index (χ2v) is 3.53. The average molecular weight is 198 g/mol. The van der Waals surface area contributed by atoms with Crippen molar-refractivity contribution >= 4 is 11.0 Å². The maximum absolute atomic E-state index is 5.34. The molecule has 2 aromatic heterocycles. The van der Waals surface area contributed by atoms with Crippen molar-refractivity contribution in [1.82, 2.24) is 9.97 Å². The predicted molar refractivity (Wildman–Crippen MR) is 58.5 cm³/mol. The molecule has 0 amide bonds. The van der Waals surface area contributed by atoms with Crippen LogP contribution < -0.4 is 0 Å². The van der Waals surface area contributed by atoms with E-state index in [0.29, 0.717) is 0 Å². The maximum atomic E-state index is 5.34. The third-order valence-corrected chi connectivity index (χ3v) is 2.41. The molecule has 0 aliphatic carbocycles. The summed E-state index contributed by atoms with van der Waals surface area (Å²) in [6.45, 7) is 1.95. The van der Waals surface area contributed by atoms with Crippen LogP contribution in [0.15, 0.2) is 41.0 Å². The highest BCUT2D eigenvalue weighted by atomic mass is 16.3. The van der Waals surface area contributed by atoms with Gasteiger partial charge in [-0.25, -0.2) is 4.98 Å². The summed E-state index contributed by atoms with van der Waals surface area (Å²) in [5.41, 5.74) is 3.10. The fourth-order valence-electron chi connectivity index (χ4n) is 1.73. The molecule has 0 aliphatic rings. The molecule has 2 heterocycles. The van der Waals surface area contributed by atoms with Gasteiger partial charge in [0.1, 0.15) is 11.6 Å². The van der Waals surface area contributed by atoms with Gasteiger partial charge in [0.2, 0.25) is 0 Å². The summed E-state index contributed by atoms with van der Waals surface area (Å²) in [5.74, 6) is 1.81. The monoisotopic (exact) mass is 198 g/mol. The molecule has 1 aromatic carbocycles. The van der Waals surface area contributed by atoms with E-state index < -0.39 is 0 Å². The number of aromatic nitrogens is 2. The first kappa shape index (κ1) is 8.29. The number of hydrogen-bond acceptors (Lipinski definition) is 2. The van der Waals surface area contributed by atoms with E-state index in [-0.39, 0.29) is 0 Å². The highest BCUT2D eigenvalue weighted by Gasteiger charge is 2.04. The second kappa shape index (κ2) is 2.98. The van der Waals surface area contributed by atoms with Gasteiger partial charge in [-0.05, 0) is 37.3 Å². The Morgan fingerprint density at radius 2 is 2.20 bits per heavy atom. The van der Waals surface area contributed by atoms with Crippen LogP contribution in [0.2, 0.25) is 0 Å². The molecule has 0 unspecified atom stereocenters. The zero-order valence-corrected chi connectivity index (χ0v) is 8.32. The van der Waals surface area contributed by atoms with E-state index in [9.17, 15) is 0 Å². The fourth-order valence-corrected chi connectivity index (χ4v) is 1.73. The summed E-state index contributed by atoms with van der Waals surface area (Å²) in [7, 11) is 0. The van der Waals surface area contributed by atoms with Crippen molar-refractivity contribution in [3.8, 4) is 11.3 Å². The van der Waals surface area contributed by atoms with Crippen LogP contribution in [-0.4, -0.2) is 9.97 Å². The zero-order valence-electron chi connectivity index (χ0n) is 8.32. The summed E-state index contributed by atoms with van der Waals surface area (Å²) in [6.07, 6.45) is 1.68. The first-order valence-electron chi connectivity index (χ1n) is 4.83. The van der Waals surface area contributed by atoms with Gasteiger partial charge in [-0.15, -0.1) is 0 Å². The summed E-state index contributed by atoms with van der Waals surface area (Å²) >= 11 is 0. The van der Waals surface area contributed by atoms with Gasteiger partial charge in [0.15, 0.2) is 0 Å². The van der Waals surface area contributed by atoms with Crippen LogP contribution in [0, 0.1) is 6.92 Å². The van der Waals surface area contributed by atoms with Gasteiger partial charge in [0.05, 0.1) is 17.3 Å². The number of rotatable bonds is 1. The smallest absolute Gasteiger partial charge is 0.133 e. The molecular formula is C12H10N2O. The summed E-state index contributed by atoms with van der Waals surface area (Å²) in [4.78, 5) is 7.56. The van der Waals surface area contributed by atoms with Crippen molar-refractivity contribution in [2.45, 2.75) is 6.92 Å². The molecule has 74 valence electrons. The van der Waals surface area contributed by atoms with Gasteiger partial charge < -0.3 is 9.40 Å². The Hall–Kier alpha value is -2.03. The van der Waals surface area contributed by atoms with Crippen LogP contribution in [0.25, 0.3) is 22.4 Å². The Balaban J connectivity index is 2.21. The molecule has 0 aliphatic heterocycles. The van der Waals surface area contributed by atoms with E-state index in [1.54, 1.807) is 6.26 Å². The Morgan fingerprint density at radius 3 is 3.00 bits per heavy atom. The van der Waals surface area contributed by atoms with E-state index in [2.05, 4.69) is 9.97 Å². The Kier molecular flexibility index (Phi) is 1.65. The number of aryl methyl sites for hydroxylation is 1. The van der Waals surface area contributed by atoms with Gasteiger partial charge in [-0.1, -0.05) is 0 Å². The number of imidazole rings is 1. The van der Waals surface area contributed by atoms with Crippen molar-refractivity contribution in [3.63, 3.8) is 0 Å². The van der Waals surface area contributed by atoms with Crippen molar-refractivity contribution < 1.29 is 4.42 Å². The molecule has 15 heavy (non-hydrogen) atoms. The van der Waals surface area contributed by atoms with Crippen LogP contribution >= 0.6 is 0 Å². The molecule has 0 bridgehead atoms. The largest absolute Gasteiger partial charge is 0.464 e. The summed E-state index contributed by atoms with van der Waals surface area (Å²) in [5, 5.41) is 0. The standard InChI is InChI=1S/C12H10N2O/c1-8-13-10-5-4-9(7-11(10)14-8)12-3-2-6-15-12/h2-7H,1H3,(H,13,14). The summed E-state index contributed by atoms with van der Waals surface area (Å²) in [6, 6.07) is 9.90. The fraction of sp³-hybridized carbons (Fsp3) is 0.0833. The van der Waals surface area contributed by atoms with Crippen LogP contribution in [0.5, 0.6) is 0 Å². The minimum atomic E-state index is 0.879. The van der Waals surface area contributed by atoms with E-state index >= 15 is 0 Å². The van der Waals surface area contributed by atoms with E-state index in [0.717, 1.165) is 28.2 Å². The number of aromatic amines is 1. The highest BCUT2D eigenvalue weighted by molar-refractivity contribution is 5.80. The lowest BCUT2D eigenvalue weighted by Gasteiger charge is -1.95. The van der Waals surface area contributed by atoms with Gasteiger partial charge in [0, 0.05) is 5.56 Å². The first-order valence-corrected chi connectivity index (χ1v) is 4.83. The maximum Gasteiger partial charge on any atom is 0.133 e. The molecule has 3 nitrogen and oxygen atoms in total.